The van der Waals surface area contributed by atoms with E-state index >= 15 is 0 Å². The van der Waals surface area contributed by atoms with E-state index < -0.39 is 0 Å². The quantitative estimate of drug-likeness (QED) is 0.798. The van der Waals surface area contributed by atoms with E-state index in [0.29, 0.717) is 11.8 Å². The summed E-state index contributed by atoms with van der Waals surface area (Å²) in [6, 6.07) is 5.72. The van der Waals surface area contributed by atoms with Crippen LogP contribution in [0.4, 0.5) is 5.82 Å². The van der Waals surface area contributed by atoms with Crippen LogP contribution >= 0.6 is 0 Å². The van der Waals surface area contributed by atoms with Gasteiger partial charge in [0.15, 0.2) is 0 Å². The van der Waals surface area contributed by atoms with Gasteiger partial charge >= 0.3 is 0 Å². The average Bonchev–Trinajstić information content (AvgIpc) is 2.78. The Morgan fingerprint density at radius 3 is 3.13 bits per heavy atom. The molecule has 0 saturated carbocycles. The zero-order chi connectivity index (χ0) is 10.7. The summed E-state index contributed by atoms with van der Waals surface area (Å²) in [7, 11) is 1.74. The molecule has 1 aromatic rings. The molecule has 1 fully saturated rings. The van der Waals surface area contributed by atoms with Crippen LogP contribution in [0.2, 0.25) is 0 Å². The number of pyridine rings is 1. The summed E-state index contributed by atoms with van der Waals surface area (Å²) in [4.78, 5) is 6.55. The van der Waals surface area contributed by atoms with Gasteiger partial charge in [-0.15, -0.1) is 0 Å². The Bertz CT molecular complexity index is 330. The van der Waals surface area contributed by atoms with Crippen LogP contribution in [0.25, 0.3) is 0 Å². The lowest BCUT2D eigenvalue weighted by molar-refractivity contribution is 0.121. The lowest BCUT2D eigenvalue weighted by Gasteiger charge is -2.17. The number of aliphatic hydroxyl groups excluding tert-OH is 1. The summed E-state index contributed by atoms with van der Waals surface area (Å²) in [6.45, 7) is 1.86. The summed E-state index contributed by atoms with van der Waals surface area (Å²) in [5, 5.41) is 9.00. The molecule has 2 rings (SSSR count). The van der Waals surface area contributed by atoms with Crippen molar-refractivity contribution < 1.29 is 9.84 Å². The van der Waals surface area contributed by atoms with Crippen molar-refractivity contribution in [1.82, 2.24) is 4.98 Å². The highest BCUT2D eigenvalue weighted by Gasteiger charge is 2.22. The van der Waals surface area contributed by atoms with E-state index in [1.54, 1.807) is 7.11 Å². The van der Waals surface area contributed by atoms with Crippen LogP contribution in [0, 0.1) is 0 Å². The smallest absolute Gasteiger partial charge is 0.128 e. The zero-order valence-electron chi connectivity index (χ0n) is 8.89. The van der Waals surface area contributed by atoms with Crippen LogP contribution in [0.1, 0.15) is 12.1 Å². The number of hydrogen-bond donors (Lipinski definition) is 1. The Hall–Kier alpha value is -1.13. The van der Waals surface area contributed by atoms with Crippen molar-refractivity contribution in [2.75, 3.05) is 25.1 Å². The highest BCUT2D eigenvalue weighted by atomic mass is 16.5. The van der Waals surface area contributed by atoms with E-state index in [0.717, 1.165) is 25.3 Å². The number of aliphatic hydroxyl groups is 1. The fourth-order valence-electron chi connectivity index (χ4n) is 1.86. The zero-order valence-corrected chi connectivity index (χ0v) is 8.89. The summed E-state index contributed by atoms with van der Waals surface area (Å²) in [5.74, 6) is 0.932. The second kappa shape index (κ2) is 4.59. The van der Waals surface area contributed by atoms with Gasteiger partial charge in [0.25, 0.3) is 0 Å². The Labute approximate surface area is 89.5 Å². The predicted molar refractivity (Wildman–Crippen MR) is 57.8 cm³/mol. The largest absolute Gasteiger partial charge is 0.390 e. The number of rotatable bonds is 3. The first kappa shape index (κ1) is 10.4. The normalized spacial score (nSPS) is 20.9. The molecule has 0 spiro atoms. The molecule has 0 aromatic carbocycles. The van der Waals surface area contributed by atoms with Gasteiger partial charge in [0.1, 0.15) is 5.82 Å². The number of anilines is 1. The van der Waals surface area contributed by atoms with Gasteiger partial charge in [-0.3, -0.25) is 0 Å². The second-order valence-electron chi connectivity index (χ2n) is 3.74. The monoisotopic (exact) mass is 208 g/mol. The summed E-state index contributed by atoms with van der Waals surface area (Å²) in [6.07, 6.45) is 1.35. The van der Waals surface area contributed by atoms with E-state index in [-0.39, 0.29) is 6.61 Å². The van der Waals surface area contributed by atoms with Gasteiger partial charge in [-0.25, -0.2) is 4.98 Å². The average molecular weight is 208 g/mol. The first-order chi connectivity index (χ1) is 7.33. The fraction of sp³-hybridized carbons (Fsp3) is 0.545. The SMILES string of the molecule is COC1CCN(c2cccc(CO)n2)C1. The lowest BCUT2D eigenvalue weighted by atomic mass is 10.3. The van der Waals surface area contributed by atoms with Gasteiger partial charge in [-0.05, 0) is 18.6 Å². The first-order valence-corrected chi connectivity index (χ1v) is 5.18. The minimum atomic E-state index is -0.00458. The third-order valence-electron chi connectivity index (χ3n) is 2.76. The fourth-order valence-corrected chi connectivity index (χ4v) is 1.86. The van der Waals surface area contributed by atoms with E-state index in [1.165, 1.54) is 0 Å². The van der Waals surface area contributed by atoms with Gasteiger partial charge in [0, 0.05) is 20.2 Å². The van der Waals surface area contributed by atoms with Gasteiger partial charge in [0.05, 0.1) is 18.4 Å². The summed E-state index contributed by atoms with van der Waals surface area (Å²) < 4.78 is 5.30. The second-order valence-corrected chi connectivity index (χ2v) is 3.74. The molecule has 0 amide bonds. The molecule has 1 aliphatic heterocycles. The molecule has 1 aliphatic rings. The van der Waals surface area contributed by atoms with E-state index in [2.05, 4.69) is 9.88 Å². The summed E-state index contributed by atoms with van der Waals surface area (Å²) in [5.41, 5.74) is 0.716. The number of ether oxygens (including phenoxy) is 1. The van der Waals surface area contributed by atoms with Crippen molar-refractivity contribution in [1.29, 1.82) is 0 Å². The molecular weight excluding hydrogens is 192 g/mol. The number of nitrogens with zero attached hydrogens (tertiary/aromatic N) is 2. The van der Waals surface area contributed by atoms with Crippen molar-refractivity contribution in [3.8, 4) is 0 Å². The Morgan fingerprint density at radius 1 is 1.60 bits per heavy atom. The first-order valence-electron chi connectivity index (χ1n) is 5.18. The van der Waals surface area contributed by atoms with Crippen LogP contribution in [0.5, 0.6) is 0 Å². The van der Waals surface area contributed by atoms with Crippen molar-refractivity contribution in [2.45, 2.75) is 19.1 Å². The minimum absolute atomic E-state index is 0.00458. The number of methoxy groups -OCH3 is 1. The van der Waals surface area contributed by atoms with Crippen LogP contribution in [-0.4, -0.2) is 36.4 Å². The summed E-state index contributed by atoms with van der Waals surface area (Å²) >= 11 is 0. The van der Waals surface area contributed by atoms with Crippen LogP contribution in [-0.2, 0) is 11.3 Å². The maximum atomic E-state index is 9.00. The highest BCUT2D eigenvalue weighted by molar-refractivity contribution is 5.40. The van der Waals surface area contributed by atoms with Crippen molar-refractivity contribution >= 4 is 5.82 Å². The van der Waals surface area contributed by atoms with E-state index in [1.807, 2.05) is 18.2 Å². The standard InChI is InChI=1S/C11H16N2O2/c1-15-10-5-6-13(7-10)11-4-2-3-9(8-14)12-11/h2-4,10,14H,5-8H2,1H3. The molecule has 2 heterocycles. The molecule has 4 nitrogen and oxygen atoms in total. The Morgan fingerprint density at radius 2 is 2.47 bits per heavy atom. The molecule has 1 N–H and O–H groups in total. The molecule has 0 aliphatic carbocycles. The molecule has 1 atom stereocenters. The van der Waals surface area contributed by atoms with Crippen LogP contribution in [0.15, 0.2) is 18.2 Å². The minimum Gasteiger partial charge on any atom is -0.390 e. The van der Waals surface area contributed by atoms with Gasteiger partial charge in [-0.2, -0.15) is 0 Å². The topological polar surface area (TPSA) is 45.6 Å². The van der Waals surface area contributed by atoms with Crippen molar-refractivity contribution in [3.63, 3.8) is 0 Å². The Balaban J connectivity index is 2.09. The number of aromatic nitrogens is 1. The van der Waals surface area contributed by atoms with E-state index in [4.69, 9.17) is 9.84 Å². The van der Waals surface area contributed by atoms with Crippen LogP contribution in [0.3, 0.4) is 0 Å². The molecule has 82 valence electrons. The predicted octanol–water partition coefficient (Wildman–Crippen LogP) is 0.799. The van der Waals surface area contributed by atoms with Gasteiger partial charge in [0.2, 0.25) is 0 Å². The highest BCUT2D eigenvalue weighted by Crippen LogP contribution is 2.19. The molecule has 1 aromatic heterocycles. The maximum Gasteiger partial charge on any atom is 0.128 e. The van der Waals surface area contributed by atoms with Crippen molar-refractivity contribution in [2.24, 2.45) is 0 Å². The van der Waals surface area contributed by atoms with Crippen molar-refractivity contribution in [3.05, 3.63) is 23.9 Å². The third kappa shape index (κ3) is 2.27. The van der Waals surface area contributed by atoms with Gasteiger partial charge < -0.3 is 14.7 Å². The third-order valence-corrected chi connectivity index (χ3v) is 2.76. The van der Waals surface area contributed by atoms with E-state index in [9.17, 15) is 0 Å². The molecule has 15 heavy (non-hydrogen) atoms. The number of hydrogen-bond acceptors (Lipinski definition) is 4. The molecule has 1 saturated heterocycles. The maximum absolute atomic E-state index is 9.00. The lowest BCUT2D eigenvalue weighted by Crippen LogP contribution is -2.23. The molecule has 0 bridgehead atoms. The molecular formula is C11H16N2O2. The Kier molecular flexibility index (Phi) is 3.18. The molecule has 1 unspecified atom stereocenters. The molecule has 0 radical (unpaired) electrons. The van der Waals surface area contributed by atoms with Crippen LogP contribution < -0.4 is 4.90 Å². The van der Waals surface area contributed by atoms with Gasteiger partial charge in [-0.1, -0.05) is 6.07 Å². The molecule has 4 heteroatoms.